The van der Waals surface area contributed by atoms with Gasteiger partial charge < -0.3 is 14.4 Å². The van der Waals surface area contributed by atoms with Crippen LogP contribution >= 0.6 is 0 Å². The highest BCUT2D eigenvalue weighted by molar-refractivity contribution is 5.86. The second-order valence-corrected chi connectivity index (χ2v) is 4.28. The molecule has 2 aromatic rings. The number of carbonyl (C=O) groups is 1. The van der Waals surface area contributed by atoms with Crippen LogP contribution in [0.2, 0.25) is 0 Å². The molecule has 1 heterocycles. The number of oxazole rings is 1. The first-order valence-electron chi connectivity index (χ1n) is 5.70. The molecule has 5 nitrogen and oxygen atoms in total. The lowest BCUT2D eigenvalue weighted by Crippen LogP contribution is -2.08. The minimum atomic E-state index is -3.00. The number of hydrogen-bond donors (Lipinski definition) is 1. The molecular weight excluding hydrogens is 270 g/mol. The van der Waals surface area contributed by atoms with E-state index >= 15 is 0 Å². The summed E-state index contributed by atoms with van der Waals surface area (Å²) in [5.41, 5.74) is 0.393. The topological polar surface area (TPSA) is 66.6 Å². The maximum atomic E-state index is 12.7. The zero-order valence-corrected chi connectivity index (χ0v) is 10.8. The average Bonchev–Trinajstić information content (AvgIpc) is 2.84. The van der Waals surface area contributed by atoms with Crippen molar-refractivity contribution in [1.29, 1.82) is 0 Å². The van der Waals surface area contributed by atoms with Crippen molar-refractivity contribution in [2.75, 3.05) is 19.0 Å². The van der Waals surface area contributed by atoms with Gasteiger partial charge in [0.2, 0.25) is 11.7 Å². The summed E-state index contributed by atoms with van der Waals surface area (Å²) in [6.07, 6.45) is -3.00. The standard InChI is InChI=1S/C13H12F2N2O3/c1-17(2)8-5-3-4-7(6-8)12-16-9(11(14)15)10(20-12)13(18)19/h3-6,11H,1-2H3,(H,18,19). The molecule has 0 unspecified atom stereocenters. The molecule has 0 fully saturated rings. The minimum absolute atomic E-state index is 0.138. The Morgan fingerprint density at radius 1 is 1.40 bits per heavy atom. The molecule has 0 aliphatic carbocycles. The SMILES string of the molecule is CN(C)c1cccc(-c2nc(C(F)F)c(C(=O)O)o2)c1. The molecule has 7 heteroatoms. The normalized spacial score (nSPS) is 10.8. The number of anilines is 1. The van der Waals surface area contributed by atoms with E-state index in [4.69, 9.17) is 9.52 Å². The van der Waals surface area contributed by atoms with Gasteiger partial charge in [-0.25, -0.2) is 18.6 Å². The number of nitrogens with zero attached hydrogens (tertiary/aromatic N) is 2. The molecule has 0 atom stereocenters. The van der Waals surface area contributed by atoms with Crippen molar-refractivity contribution in [3.05, 3.63) is 35.7 Å². The summed E-state index contributed by atoms with van der Waals surface area (Å²) >= 11 is 0. The first-order valence-corrected chi connectivity index (χ1v) is 5.70. The van der Waals surface area contributed by atoms with Gasteiger partial charge in [0, 0.05) is 25.3 Å². The molecule has 1 aromatic heterocycles. The summed E-state index contributed by atoms with van der Waals surface area (Å²) in [5.74, 6) is -2.53. The van der Waals surface area contributed by atoms with Crippen LogP contribution in [-0.2, 0) is 0 Å². The molecule has 0 saturated heterocycles. The van der Waals surface area contributed by atoms with E-state index in [1.807, 2.05) is 25.1 Å². The third-order valence-corrected chi connectivity index (χ3v) is 2.66. The summed E-state index contributed by atoms with van der Waals surface area (Å²) in [5, 5.41) is 8.84. The summed E-state index contributed by atoms with van der Waals surface area (Å²) in [6, 6.07) is 6.81. The average molecular weight is 282 g/mol. The van der Waals surface area contributed by atoms with Crippen LogP contribution in [0.15, 0.2) is 28.7 Å². The molecule has 2 rings (SSSR count). The minimum Gasteiger partial charge on any atom is -0.475 e. The predicted molar refractivity (Wildman–Crippen MR) is 68.2 cm³/mol. The Labute approximate surface area is 113 Å². The van der Waals surface area contributed by atoms with E-state index in [0.29, 0.717) is 5.56 Å². The first-order chi connectivity index (χ1) is 9.40. The second kappa shape index (κ2) is 5.28. The number of aromatic nitrogens is 1. The van der Waals surface area contributed by atoms with Gasteiger partial charge in [-0.05, 0) is 18.2 Å². The van der Waals surface area contributed by atoms with Crippen LogP contribution < -0.4 is 4.90 Å². The molecule has 0 saturated carbocycles. The van der Waals surface area contributed by atoms with E-state index in [0.717, 1.165) is 5.69 Å². The molecule has 0 bridgehead atoms. The molecule has 0 amide bonds. The van der Waals surface area contributed by atoms with Crippen molar-refractivity contribution in [3.8, 4) is 11.5 Å². The van der Waals surface area contributed by atoms with Gasteiger partial charge in [0.1, 0.15) is 0 Å². The van der Waals surface area contributed by atoms with Gasteiger partial charge in [-0.3, -0.25) is 0 Å². The van der Waals surface area contributed by atoms with Crippen LogP contribution in [-0.4, -0.2) is 30.2 Å². The van der Waals surface area contributed by atoms with Crippen molar-refractivity contribution >= 4 is 11.7 Å². The zero-order valence-electron chi connectivity index (χ0n) is 10.8. The van der Waals surface area contributed by atoms with Gasteiger partial charge in [0.05, 0.1) is 0 Å². The van der Waals surface area contributed by atoms with Crippen molar-refractivity contribution in [1.82, 2.24) is 4.98 Å². The largest absolute Gasteiger partial charge is 0.475 e. The maximum Gasteiger partial charge on any atom is 0.374 e. The summed E-state index contributed by atoms with van der Waals surface area (Å²) in [7, 11) is 3.64. The van der Waals surface area contributed by atoms with Crippen LogP contribution in [0.4, 0.5) is 14.5 Å². The summed E-state index contributed by atoms with van der Waals surface area (Å²) in [6.45, 7) is 0. The molecular formula is C13H12F2N2O3. The fourth-order valence-corrected chi connectivity index (χ4v) is 1.67. The van der Waals surface area contributed by atoms with Crippen molar-refractivity contribution in [2.24, 2.45) is 0 Å². The van der Waals surface area contributed by atoms with Gasteiger partial charge in [-0.2, -0.15) is 0 Å². The molecule has 1 N–H and O–H groups in total. The van der Waals surface area contributed by atoms with Gasteiger partial charge in [0.25, 0.3) is 6.43 Å². The van der Waals surface area contributed by atoms with Crippen LogP contribution in [0.1, 0.15) is 22.7 Å². The Morgan fingerprint density at radius 3 is 2.60 bits per heavy atom. The van der Waals surface area contributed by atoms with Crippen LogP contribution in [0, 0.1) is 0 Å². The van der Waals surface area contributed by atoms with Crippen LogP contribution in [0.5, 0.6) is 0 Å². The zero-order chi connectivity index (χ0) is 14.9. The summed E-state index contributed by atoms with van der Waals surface area (Å²) < 4.78 is 30.4. The fraction of sp³-hybridized carbons (Fsp3) is 0.231. The number of hydrogen-bond acceptors (Lipinski definition) is 4. The van der Waals surface area contributed by atoms with Gasteiger partial charge in [-0.1, -0.05) is 6.07 Å². The molecule has 0 aliphatic rings. The molecule has 0 aliphatic heterocycles. The van der Waals surface area contributed by atoms with E-state index in [2.05, 4.69) is 4.98 Å². The third kappa shape index (κ3) is 2.61. The van der Waals surface area contributed by atoms with E-state index in [9.17, 15) is 13.6 Å². The highest BCUT2D eigenvalue weighted by atomic mass is 19.3. The highest BCUT2D eigenvalue weighted by Gasteiger charge is 2.26. The van der Waals surface area contributed by atoms with E-state index < -0.39 is 23.8 Å². The van der Waals surface area contributed by atoms with E-state index in [-0.39, 0.29) is 5.89 Å². The first kappa shape index (κ1) is 14.0. The number of carboxylic acid groups (broad SMARTS) is 1. The number of rotatable bonds is 4. The number of benzene rings is 1. The van der Waals surface area contributed by atoms with Crippen molar-refractivity contribution in [2.45, 2.75) is 6.43 Å². The molecule has 106 valence electrons. The quantitative estimate of drug-likeness (QED) is 0.933. The molecule has 1 aromatic carbocycles. The molecule has 0 spiro atoms. The number of carboxylic acids is 1. The Kier molecular flexibility index (Phi) is 3.69. The Hall–Kier alpha value is -2.44. The Morgan fingerprint density at radius 2 is 2.10 bits per heavy atom. The predicted octanol–water partition coefficient (Wildman–Crippen LogP) is 3.04. The lowest BCUT2D eigenvalue weighted by atomic mass is 10.2. The van der Waals surface area contributed by atoms with Crippen LogP contribution in [0.3, 0.4) is 0 Å². The Bertz CT molecular complexity index is 638. The van der Waals surface area contributed by atoms with Crippen LogP contribution in [0.25, 0.3) is 11.5 Å². The number of alkyl halides is 2. The third-order valence-electron chi connectivity index (χ3n) is 2.66. The fourth-order valence-electron chi connectivity index (χ4n) is 1.67. The van der Waals surface area contributed by atoms with Gasteiger partial charge >= 0.3 is 5.97 Å². The molecule has 20 heavy (non-hydrogen) atoms. The van der Waals surface area contributed by atoms with Gasteiger partial charge in [-0.15, -0.1) is 0 Å². The van der Waals surface area contributed by atoms with E-state index in [1.54, 1.807) is 18.2 Å². The van der Waals surface area contributed by atoms with E-state index in [1.165, 1.54) is 0 Å². The molecule has 0 radical (unpaired) electrons. The smallest absolute Gasteiger partial charge is 0.374 e. The number of aromatic carboxylic acids is 1. The Balaban J connectivity index is 2.50. The second-order valence-electron chi connectivity index (χ2n) is 4.28. The number of halogens is 2. The van der Waals surface area contributed by atoms with Gasteiger partial charge in [0.15, 0.2) is 5.69 Å². The van der Waals surface area contributed by atoms with Crippen molar-refractivity contribution < 1.29 is 23.1 Å². The monoisotopic (exact) mass is 282 g/mol. The van der Waals surface area contributed by atoms with Crippen molar-refractivity contribution in [3.63, 3.8) is 0 Å². The lowest BCUT2D eigenvalue weighted by Gasteiger charge is -2.12. The maximum absolute atomic E-state index is 12.7. The lowest BCUT2D eigenvalue weighted by molar-refractivity contribution is 0.0647. The highest BCUT2D eigenvalue weighted by Crippen LogP contribution is 2.29. The summed E-state index contributed by atoms with van der Waals surface area (Å²) in [4.78, 5) is 16.3.